The minimum atomic E-state index is -0.0742. The molecule has 0 N–H and O–H groups in total. The summed E-state index contributed by atoms with van der Waals surface area (Å²) in [7, 11) is 0. The van der Waals surface area contributed by atoms with Crippen LogP contribution in [0.25, 0.3) is 12.2 Å². The van der Waals surface area contributed by atoms with Gasteiger partial charge in [0, 0.05) is 10.0 Å². The van der Waals surface area contributed by atoms with Crippen molar-refractivity contribution >= 4 is 41.1 Å². The summed E-state index contributed by atoms with van der Waals surface area (Å²) in [4.78, 5) is 11.7. The molecule has 0 saturated carbocycles. The second-order valence-corrected chi connectivity index (χ2v) is 5.05. The van der Waals surface area contributed by atoms with E-state index in [1.165, 1.54) is 12.2 Å². The Morgan fingerprint density at radius 2 is 1.05 bits per heavy atom. The molecule has 2 aromatic carbocycles. The lowest BCUT2D eigenvalue weighted by Crippen LogP contribution is -1.84. The van der Waals surface area contributed by atoms with Crippen molar-refractivity contribution < 1.29 is 4.79 Å². The largest absolute Gasteiger partial charge is 0.290 e. The second kappa shape index (κ2) is 7.09. The zero-order valence-electron chi connectivity index (χ0n) is 10.6. The van der Waals surface area contributed by atoms with Gasteiger partial charge < -0.3 is 0 Å². The van der Waals surface area contributed by atoms with Crippen molar-refractivity contribution in [2.75, 3.05) is 0 Å². The highest BCUT2D eigenvalue weighted by Gasteiger charge is 1.92. The first kappa shape index (κ1) is 14.6. The maximum atomic E-state index is 11.7. The van der Waals surface area contributed by atoms with Crippen LogP contribution in [0, 0.1) is 0 Å². The van der Waals surface area contributed by atoms with Crippen molar-refractivity contribution in [3.63, 3.8) is 0 Å². The monoisotopic (exact) mass is 302 g/mol. The molecule has 0 saturated heterocycles. The highest BCUT2D eigenvalue weighted by atomic mass is 35.5. The van der Waals surface area contributed by atoms with Gasteiger partial charge in [-0.05, 0) is 47.5 Å². The molecule has 0 aromatic heterocycles. The first-order chi connectivity index (χ1) is 9.63. The summed E-state index contributed by atoms with van der Waals surface area (Å²) in [6, 6.07) is 14.6. The van der Waals surface area contributed by atoms with Gasteiger partial charge in [-0.3, -0.25) is 4.79 Å². The maximum absolute atomic E-state index is 11.7. The summed E-state index contributed by atoms with van der Waals surface area (Å²) in [6.45, 7) is 0. The van der Waals surface area contributed by atoms with Crippen molar-refractivity contribution in [1.29, 1.82) is 0 Å². The molecule has 0 heterocycles. The fourth-order valence-corrected chi connectivity index (χ4v) is 1.81. The van der Waals surface area contributed by atoms with Crippen LogP contribution < -0.4 is 0 Å². The molecule has 0 aliphatic rings. The van der Waals surface area contributed by atoms with Crippen LogP contribution in [0.1, 0.15) is 11.1 Å². The van der Waals surface area contributed by atoms with Crippen LogP contribution in [0.15, 0.2) is 60.7 Å². The van der Waals surface area contributed by atoms with E-state index in [-0.39, 0.29) is 5.78 Å². The van der Waals surface area contributed by atoms with Gasteiger partial charge in [-0.25, -0.2) is 0 Å². The van der Waals surface area contributed by atoms with E-state index >= 15 is 0 Å². The van der Waals surface area contributed by atoms with Gasteiger partial charge in [0.1, 0.15) is 0 Å². The number of hydrogen-bond donors (Lipinski definition) is 0. The van der Waals surface area contributed by atoms with E-state index in [1.54, 1.807) is 36.4 Å². The summed E-state index contributed by atoms with van der Waals surface area (Å²) in [5, 5.41) is 1.35. The Morgan fingerprint density at radius 1 is 0.700 bits per heavy atom. The van der Waals surface area contributed by atoms with Crippen molar-refractivity contribution in [1.82, 2.24) is 0 Å². The van der Waals surface area contributed by atoms with Crippen molar-refractivity contribution in [3.05, 3.63) is 81.9 Å². The van der Waals surface area contributed by atoms with Crippen LogP contribution in [-0.2, 0) is 4.79 Å². The summed E-state index contributed by atoms with van der Waals surface area (Å²) in [5.41, 5.74) is 1.87. The van der Waals surface area contributed by atoms with Gasteiger partial charge in [0.15, 0.2) is 5.78 Å². The fourth-order valence-electron chi connectivity index (χ4n) is 1.56. The van der Waals surface area contributed by atoms with Gasteiger partial charge in [-0.1, -0.05) is 59.6 Å². The van der Waals surface area contributed by atoms with E-state index in [4.69, 9.17) is 23.2 Å². The van der Waals surface area contributed by atoms with Crippen LogP contribution in [-0.4, -0.2) is 5.78 Å². The second-order valence-electron chi connectivity index (χ2n) is 4.17. The number of allylic oxidation sites excluding steroid dienone is 2. The van der Waals surface area contributed by atoms with Crippen LogP contribution in [0.3, 0.4) is 0 Å². The summed E-state index contributed by atoms with van der Waals surface area (Å²) in [6.07, 6.45) is 6.56. The molecule has 0 radical (unpaired) electrons. The molecule has 0 bridgehead atoms. The van der Waals surface area contributed by atoms with E-state index in [0.29, 0.717) is 10.0 Å². The maximum Gasteiger partial charge on any atom is 0.178 e. The minimum absolute atomic E-state index is 0.0742. The van der Waals surface area contributed by atoms with Gasteiger partial charge >= 0.3 is 0 Å². The van der Waals surface area contributed by atoms with Crippen molar-refractivity contribution in [2.24, 2.45) is 0 Å². The zero-order chi connectivity index (χ0) is 14.4. The normalized spacial score (nSPS) is 11.3. The summed E-state index contributed by atoms with van der Waals surface area (Å²) < 4.78 is 0. The number of carbonyl (C=O) groups is 1. The van der Waals surface area contributed by atoms with Gasteiger partial charge in [0.2, 0.25) is 0 Å². The molecule has 0 spiro atoms. The van der Waals surface area contributed by atoms with Crippen molar-refractivity contribution in [3.8, 4) is 0 Å². The molecular formula is C17H12Cl2O. The molecule has 0 aliphatic heterocycles. The predicted octanol–water partition coefficient (Wildman–Crippen LogP) is 5.29. The number of carbonyl (C=O) groups excluding carboxylic acids is 1. The molecule has 0 fully saturated rings. The van der Waals surface area contributed by atoms with Crippen LogP contribution in [0.5, 0.6) is 0 Å². The Kier molecular flexibility index (Phi) is 5.16. The number of benzene rings is 2. The van der Waals surface area contributed by atoms with Gasteiger partial charge in [-0.15, -0.1) is 0 Å². The lowest BCUT2D eigenvalue weighted by Gasteiger charge is -1.93. The molecule has 0 aliphatic carbocycles. The van der Waals surface area contributed by atoms with Crippen molar-refractivity contribution in [2.45, 2.75) is 0 Å². The van der Waals surface area contributed by atoms with E-state index in [1.807, 2.05) is 24.3 Å². The average molecular weight is 303 g/mol. The lowest BCUT2D eigenvalue weighted by molar-refractivity contribution is -0.110. The smallest absolute Gasteiger partial charge is 0.178 e. The standard InChI is InChI=1S/C17H12Cl2O/c18-15-7-1-13(2-8-15)5-11-17(20)12-6-14-3-9-16(19)10-4-14/h1-12H/b11-5-,12-6-. The fraction of sp³-hybridized carbons (Fsp3) is 0. The Morgan fingerprint density at radius 3 is 1.40 bits per heavy atom. The molecule has 0 unspecified atom stereocenters. The Labute approximate surface area is 128 Å². The quantitative estimate of drug-likeness (QED) is 0.701. The van der Waals surface area contributed by atoms with E-state index in [9.17, 15) is 4.79 Å². The highest BCUT2D eigenvalue weighted by Crippen LogP contribution is 2.12. The first-order valence-corrected chi connectivity index (χ1v) is 6.80. The third kappa shape index (κ3) is 4.69. The molecule has 20 heavy (non-hydrogen) atoms. The van der Waals surface area contributed by atoms with Crippen LogP contribution >= 0.6 is 23.2 Å². The summed E-state index contributed by atoms with van der Waals surface area (Å²) in [5.74, 6) is -0.0742. The number of halogens is 2. The zero-order valence-corrected chi connectivity index (χ0v) is 12.1. The third-order valence-corrected chi connectivity index (χ3v) is 3.12. The van der Waals surface area contributed by atoms with Gasteiger partial charge in [0.05, 0.1) is 0 Å². The Bertz CT molecular complexity index is 580. The molecule has 0 amide bonds. The Balaban J connectivity index is 1.98. The van der Waals surface area contributed by atoms with E-state index in [2.05, 4.69) is 0 Å². The molecule has 2 rings (SSSR count). The first-order valence-electron chi connectivity index (χ1n) is 6.05. The minimum Gasteiger partial charge on any atom is -0.290 e. The SMILES string of the molecule is O=C(/C=C\c1ccc(Cl)cc1)/C=C\c1ccc(Cl)cc1. The number of ketones is 1. The average Bonchev–Trinajstić information content (AvgIpc) is 2.46. The molecule has 0 atom stereocenters. The third-order valence-electron chi connectivity index (χ3n) is 2.62. The molecule has 100 valence electrons. The lowest BCUT2D eigenvalue weighted by atomic mass is 10.1. The number of hydrogen-bond acceptors (Lipinski definition) is 1. The van der Waals surface area contributed by atoms with Gasteiger partial charge in [0.25, 0.3) is 0 Å². The number of rotatable bonds is 4. The summed E-state index contributed by atoms with van der Waals surface area (Å²) >= 11 is 11.6. The topological polar surface area (TPSA) is 17.1 Å². The van der Waals surface area contributed by atoms with Crippen LogP contribution in [0.4, 0.5) is 0 Å². The van der Waals surface area contributed by atoms with Crippen LogP contribution in [0.2, 0.25) is 10.0 Å². The molecule has 2 aromatic rings. The van der Waals surface area contributed by atoms with E-state index < -0.39 is 0 Å². The van der Waals surface area contributed by atoms with E-state index in [0.717, 1.165) is 11.1 Å². The molecule has 1 nitrogen and oxygen atoms in total. The predicted molar refractivity (Wildman–Crippen MR) is 86.0 cm³/mol. The van der Waals surface area contributed by atoms with Gasteiger partial charge in [-0.2, -0.15) is 0 Å². The molecular weight excluding hydrogens is 291 g/mol. The highest BCUT2D eigenvalue weighted by molar-refractivity contribution is 6.30. The molecule has 3 heteroatoms. The Hall–Kier alpha value is -1.83.